The highest BCUT2D eigenvalue weighted by Gasteiger charge is 2.58. The van der Waals surface area contributed by atoms with Crippen molar-refractivity contribution in [1.29, 1.82) is 0 Å². The smallest absolute Gasteiger partial charge is 0.0937 e. The van der Waals surface area contributed by atoms with Crippen molar-refractivity contribution >= 4 is 0 Å². The Morgan fingerprint density at radius 3 is 2.71 bits per heavy atom. The molecule has 194 valence electrons. The summed E-state index contributed by atoms with van der Waals surface area (Å²) >= 11 is 0. The molecule has 2 heterocycles. The second-order valence-electron chi connectivity index (χ2n) is 12.9. The molecule has 7 atom stereocenters. The maximum Gasteiger partial charge on any atom is 0.0937 e. The van der Waals surface area contributed by atoms with Crippen LogP contribution in [0.2, 0.25) is 0 Å². The molecule has 4 heteroatoms. The van der Waals surface area contributed by atoms with E-state index in [1.165, 1.54) is 76.4 Å². The van der Waals surface area contributed by atoms with Crippen LogP contribution >= 0.6 is 0 Å². The van der Waals surface area contributed by atoms with Gasteiger partial charge in [0.1, 0.15) is 0 Å². The Bertz CT molecular complexity index is 874. The second kappa shape index (κ2) is 9.99. The molecule has 1 saturated heterocycles. The largest absolute Gasteiger partial charge is 0.472 e. The van der Waals surface area contributed by atoms with E-state index in [1.807, 2.05) is 12.5 Å². The minimum Gasteiger partial charge on any atom is -0.472 e. The summed E-state index contributed by atoms with van der Waals surface area (Å²) in [4.78, 5) is 2.52. The third-order valence-corrected chi connectivity index (χ3v) is 11.3. The van der Waals surface area contributed by atoms with Crippen molar-refractivity contribution in [3.05, 3.63) is 35.8 Å². The Kier molecular flexibility index (Phi) is 6.92. The zero-order chi connectivity index (χ0) is 23.9. The van der Waals surface area contributed by atoms with Gasteiger partial charge in [0, 0.05) is 6.54 Å². The van der Waals surface area contributed by atoms with Gasteiger partial charge in [0.2, 0.25) is 0 Å². The lowest BCUT2D eigenvalue weighted by Gasteiger charge is -2.58. The number of rotatable bonds is 8. The summed E-state index contributed by atoms with van der Waals surface area (Å²) < 4.78 is 17.7. The SMILES string of the molecule is C[C@]12CC[C@H]3[C@@H](CC=C4C[C@@H](OCCOCCN5CCCC5)CC[C@@]43C)[C@@H]1CC[C@@H]2c1ccoc1. The van der Waals surface area contributed by atoms with E-state index < -0.39 is 0 Å². The van der Waals surface area contributed by atoms with E-state index in [1.54, 1.807) is 5.57 Å². The number of nitrogens with zero attached hydrogens (tertiary/aromatic N) is 1. The third-order valence-electron chi connectivity index (χ3n) is 11.3. The Morgan fingerprint density at radius 1 is 1.00 bits per heavy atom. The first kappa shape index (κ1) is 24.2. The van der Waals surface area contributed by atoms with E-state index in [4.69, 9.17) is 13.9 Å². The Labute approximate surface area is 212 Å². The zero-order valence-electron chi connectivity index (χ0n) is 22.2. The minimum absolute atomic E-state index is 0.388. The number of fused-ring (bicyclic) bond motifs is 5. The van der Waals surface area contributed by atoms with Crippen LogP contribution in [0.3, 0.4) is 0 Å². The molecule has 0 aromatic carbocycles. The average Bonchev–Trinajstić information content (AvgIpc) is 3.62. The third kappa shape index (κ3) is 4.46. The zero-order valence-corrected chi connectivity index (χ0v) is 22.2. The minimum atomic E-state index is 0.388. The van der Waals surface area contributed by atoms with E-state index in [-0.39, 0.29) is 0 Å². The van der Waals surface area contributed by atoms with Gasteiger partial charge in [0.25, 0.3) is 0 Å². The maximum absolute atomic E-state index is 6.34. The van der Waals surface area contributed by atoms with Gasteiger partial charge in [-0.05, 0) is 123 Å². The van der Waals surface area contributed by atoms with Gasteiger partial charge < -0.3 is 18.8 Å². The van der Waals surface area contributed by atoms with E-state index in [0.29, 0.717) is 22.9 Å². The summed E-state index contributed by atoms with van der Waals surface area (Å²) in [6, 6.07) is 2.23. The van der Waals surface area contributed by atoms with Gasteiger partial charge in [-0.25, -0.2) is 0 Å². The van der Waals surface area contributed by atoms with Crippen molar-refractivity contribution in [3.8, 4) is 0 Å². The highest BCUT2D eigenvalue weighted by Crippen LogP contribution is 2.68. The van der Waals surface area contributed by atoms with E-state index in [0.717, 1.165) is 50.5 Å². The van der Waals surface area contributed by atoms with Crippen molar-refractivity contribution < 1.29 is 13.9 Å². The number of hydrogen-bond acceptors (Lipinski definition) is 4. The first-order valence-electron chi connectivity index (χ1n) is 14.7. The van der Waals surface area contributed by atoms with Gasteiger partial charge in [-0.1, -0.05) is 25.5 Å². The fourth-order valence-corrected chi connectivity index (χ4v) is 9.37. The molecule has 0 spiro atoms. The number of likely N-dealkylation sites (tertiary alicyclic amines) is 1. The molecular weight excluding hydrogens is 434 g/mol. The lowest BCUT2D eigenvalue weighted by Crippen LogP contribution is -2.50. The van der Waals surface area contributed by atoms with Gasteiger partial charge in [0.05, 0.1) is 38.5 Å². The molecule has 1 aliphatic heterocycles. The van der Waals surface area contributed by atoms with Crippen LogP contribution in [-0.2, 0) is 9.47 Å². The summed E-state index contributed by atoms with van der Waals surface area (Å²) in [5.74, 6) is 3.27. The highest BCUT2D eigenvalue weighted by molar-refractivity contribution is 5.28. The molecule has 4 aliphatic carbocycles. The van der Waals surface area contributed by atoms with E-state index in [9.17, 15) is 0 Å². The fraction of sp³-hybridized carbons (Fsp3) is 0.806. The normalized spacial score (nSPS) is 41.3. The van der Waals surface area contributed by atoms with Gasteiger partial charge in [-0.2, -0.15) is 0 Å². The number of furan rings is 1. The Morgan fingerprint density at radius 2 is 1.89 bits per heavy atom. The summed E-state index contributed by atoms with van der Waals surface area (Å²) in [6.45, 7) is 11.1. The molecule has 1 aromatic rings. The molecule has 0 bridgehead atoms. The molecule has 4 nitrogen and oxygen atoms in total. The van der Waals surface area contributed by atoms with Gasteiger partial charge in [0.15, 0.2) is 0 Å². The van der Waals surface area contributed by atoms with Gasteiger partial charge in [-0.15, -0.1) is 0 Å². The number of ether oxygens (including phenoxy) is 2. The van der Waals surface area contributed by atoms with Crippen molar-refractivity contribution in [2.75, 3.05) is 39.5 Å². The van der Waals surface area contributed by atoms with Crippen LogP contribution in [0.5, 0.6) is 0 Å². The van der Waals surface area contributed by atoms with E-state index in [2.05, 4.69) is 30.9 Å². The molecule has 6 rings (SSSR count). The molecule has 4 fully saturated rings. The van der Waals surface area contributed by atoms with Crippen LogP contribution in [-0.4, -0.2) is 50.5 Å². The molecular formula is C31H47NO3. The van der Waals surface area contributed by atoms with Crippen molar-refractivity contribution in [3.63, 3.8) is 0 Å². The highest BCUT2D eigenvalue weighted by atomic mass is 16.5. The first-order valence-corrected chi connectivity index (χ1v) is 14.7. The standard InChI is InChI=1S/C31H47NO3/c1-30-12-9-25(35-20-19-33-18-16-32-14-3-4-15-32)21-24(30)5-6-26-28-8-7-27(23-11-17-34-22-23)31(28,2)13-10-29(26)30/h5,11,17,22,25-29H,3-4,6-10,12-16,18-21H2,1-2H3/t25-,26-,27+,28-,29-,30-,31+/m0/s1. The maximum atomic E-state index is 6.34. The van der Waals surface area contributed by atoms with Crippen LogP contribution in [0.4, 0.5) is 0 Å². The predicted molar refractivity (Wildman–Crippen MR) is 139 cm³/mol. The Balaban J connectivity index is 1.03. The van der Waals surface area contributed by atoms with Crippen LogP contribution in [0.1, 0.15) is 89.5 Å². The summed E-state index contributed by atoms with van der Waals surface area (Å²) in [7, 11) is 0. The quantitative estimate of drug-likeness (QED) is 0.301. The Hall–Kier alpha value is -1.10. The summed E-state index contributed by atoms with van der Waals surface area (Å²) in [5.41, 5.74) is 4.01. The van der Waals surface area contributed by atoms with Crippen molar-refractivity contribution in [2.24, 2.45) is 28.6 Å². The lowest BCUT2D eigenvalue weighted by atomic mass is 9.47. The summed E-state index contributed by atoms with van der Waals surface area (Å²) in [6.07, 6.45) is 20.1. The molecule has 3 saturated carbocycles. The molecule has 5 aliphatic rings. The summed E-state index contributed by atoms with van der Waals surface area (Å²) in [5, 5.41) is 0. The van der Waals surface area contributed by atoms with Crippen LogP contribution in [0.25, 0.3) is 0 Å². The second-order valence-corrected chi connectivity index (χ2v) is 12.9. The number of hydrogen-bond donors (Lipinski definition) is 0. The molecule has 0 radical (unpaired) electrons. The number of allylic oxidation sites excluding steroid dienone is 1. The lowest BCUT2D eigenvalue weighted by molar-refractivity contribution is -0.0576. The van der Waals surface area contributed by atoms with Crippen LogP contribution < -0.4 is 0 Å². The predicted octanol–water partition coefficient (Wildman–Crippen LogP) is 6.82. The molecule has 0 N–H and O–H groups in total. The molecule has 1 aromatic heterocycles. The topological polar surface area (TPSA) is 34.8 Å². The van der Waals surface area contributed by atoms with Crippen LogP contribution in [0, 0.1) is 28.6 Å². The van der Waals surface area contributed by atoms with Crippen molar-refractivity contribution in [2.45, 2.75) is 90.1 Å². The average molecular weight is 482 g/mol. The molecule has 35 heavy (non-hydrogen) atoms. The van der Waals surface area contributed by atoms with Crippen LogP contribution in [0.15, 0.2) is 34.7 Å². The fourth-order valence-electron chi connectivity index (χ4n) is 9.37. The monoisotopic (exact) mass is 481 g/mol. The van der Waals surface area contributed by atoms with Gasteiger partial charge in [-0.3, -0.25) is 0 Å². The first-order chi connectivity index (χ1) is 17.1. The molecule has 0 unspecified atom stereocenters. The van der Waals surface area contributed by atoms with Gasteiger partial charge >= 0.3 is 0 Å². The van der Waals surface area contributed by atoms with E-state index >= 15 is 0 Å². The van der Waals surface area contributed by atoms with Crippen molar-refractivity contribution in [1.82, 2.24) is 4.90 Å². The molecule has 0 amide bonds.